The highest BCUT2D eigenvalue weighted by Crippen LogP contribution is 2.23. The smallest absolute Gasteiger partial charge is 0.131 e. The molecule has 0 saturated heterocycles. The average Bonchev–Trinajstić information content (AvgIpc) is 2.90. The van der Waals surface area contributed by atoms with E-state index in [4.69, 9.17) is 0 Å². The van der Waals surface area contributed by atoms with Gasteiger partial charge in [-0.2, -0.15) is 10.2 Å². The molecule has 0 aromatic heterocycles. The first-order valence-electron chi connectivity index (χ1n) is 6.26. The second-order valence-corrected chi connectivity index (χ2v) is 4.65. The fourth-order valence-corrected chi connectivity index (χ4v) is 1.97. The third-order valence-corrected chi connectivity index (χ3v) is 3.08. The molecule has 0 atom stereocenters. The first-order chi connectivity index (χ1) is 9.24. The second-order valence-electron chi connectivity index (χ2n) is 4.65. The number of rotatable bonds is 2. The molecule has 4 heteroatoms. The first kappa shape index (κ1) is 11.6. The van der Waals surface area contributed by atoms with Crippen LogP contribution in [-0.4, -0.2) is 6.34 Å². The summed E-state index contributed by atoms with van der Waals surface area (Å²) in [4.78, 5) is 0. The molecule has 2 aromatic rings. The molecular formula is C15H16N4. The van der Waals surface area contributed by atoms with Crippen molar-refractivity contribution in [1.29, 1.82) is 0 Å². The van der Waals surface area contributed by atoms with Crippen LogP contribution in [-0.2, 0) is 0 Å². The maximum Gasteiger partial charge on any atom is 0.131 e. The van der Waals surface area contributed by atoms with Crippen LogP contribution in [0.25, 0.3) is 0 Å². The summed E-state index contributed by atoms with van der Waals surface area (Å²) in [7, 11) is 0. The SMILES string of the molecule is Cc1ccc(N2N=CNN2c2ccc(C)cc2)cc1. The zero-order valence-electron chi connectivity index (χ0n) is 11.0. The molecule has 0 unspecified atom stereocenters. The van der Waals surface area contributed by atoms with Crippen molar-refractivity contribution in [3.8, 4) is 0 Å². The van der Waals surface area contributed by atoms with Gasteiger partial charge < -0.3 is 0 Å². The molecule has 1 aliphatic rings. The number of anilines is 2. The largest absolute Gasteiger partial charge is 0.265 e. The maximum absolute atomic E-state index is 4.34. The summed E-state index contributed by atoms with van der Waals surface area (Å²) in [5, 5.41) is 8.08. The number of hydrazone groups is 1. The summed E-state index contributed by atoms with van der Waals surface area (Å²) < 4.78 is 0. The Kier molecular flexibility index (Phi) is 2.83. The van der Waals surface area contributed by atoms with E-state index in [0.29, 0.717) is 0 Å². The quantitative estimate of drug-likeness (QED) is 0.891. The number of hydrazine groups is 2. The molecule has 0 spiro atoms. The Labute approximate surface area is 112 Å². The third kappa shape index (κ3) is 2.25. The van der Waals surface area contributed by atoms with Crippen LogP contribution >= 0.6 is 0 Å². The monoisotopic (exact) mass is 252 g/mol. The molecule has 0 amide bonds. The van der Waals surface area contributed by atoms with E-state index in [2.05, 4.69) is 72.9 Å². The van der Waals surface area contributed by atoms with Crippen LogP contribution in [0.5, 0.6) is 0 Å². The van der Waals surface area contributed by atoms with Crippen molar-refractivity contribution in [2.75, 3.05) is 10.2 Å². The van der Waals surface area contributed by atoms with Crippen molar-refractivity contribution in [3.63, 3.8) is 0 Å². The average molecular weight is 252 g/mol. The molecule has 0 aliphatic carbocycles. The molecular weight excluding hydrogens is 236 g/mol. The molecule has 0 saturated carbocycles. The van der Waals surface area contributed by atoms with Gasteiger partial charge in [-0.15, -0.1) is 5.10 Å². The summed E-state index contributed by atoms with van der Waals surface area (Å²) in [6.45, 7) is 4.16. The highest BCUT2D eigenvalue weighted by molar-refractivity contribution is 5.70. The van der Waals surface area contributed by atoms with E-state index in [1.807, 2.05) is 10.2 Å². The second kappa shape index (κ2) is 4.65. The van der Waals surface area contributed by atoms with Crippen LogP contribution in [0.2, 0.25) is 0 Å². The van der Waals surface area contributed by atoms with E-state index in [-0.39, 0.29) is 0 Å². The van der Waals surface area contributed by atoms with E-state index in [9.17, 15) is 0 Å². The number of nitrogens with one attached hydrogen (secondary N) is 1. The highest BCUT2D eigenvalue weighted by Gasteiger charge is 2.19. The molecule has 2 aromatic carbocycles. The van der Waals surface area contributed by atoms with Gasteiger partial charge in [0.1, 0.15) is 6.34 Å². The third-order valence-electron chi connectivity index (χ3n) is 3.08. The minimum atomic E-state index is 1.02. The van der Waals surface area contributed by atoms with Gasteiger partial charge in [0.15, 0.2) is 0 Å². The Morgan fingerprint density at radius 2 is 1.32 bits per heavy atom. The molecule has 19 heavy (non-hydrogen) atoms. The topological polar surface area (TPSA) is 30.9 Å². The molecule has 3 rings (SSSR count). The lowest BCUT2D eigenvalue weighted by atomic mass is 10.2. The molecule has 1 heterocycles. The predicted octanol–water partition coefficient (Wildman–Crippen LogP) is 2.99. The maximum atomic E-state index is 4.34. The van der Waals surface area contributed by atoms with E-state index in [1.54, 1.807) is 6.34 Å². The van der Waals surface area contributed by atoms with E-state index < -0.39 is 0 Å². The lowest BCUT2D eigenvalue weighted by Crippen LogP contribution is -2.42. The number of benzene rings is 2. The van der Waals surface area contributed by atoms with Gasteiger partial charge in [0.25, 0.3) is 0 Å². The molecule has 96 valence electrons. The summed E-state index contributed by atoms with van der Waals surface area (Å²) in [5.41, 5.74) is 7.67. The van der Waals surface area contributed by atoms with E-state index in [0.717, 1.165) is 11.4 Å². The Morgan fingerprint density at radius 3 is 1.89 bits per heavy atom. The van der Waals surface area contributed by atoms with Crippen molar-refractivity contribution in [1.82, 2.24) is 5.43 Å². The van der Waals surface area contributed by atoms with Crippen LogP contribution in [0.4, 0.5) is 11.4 Å². The van der Waals surface area contributed by atoms with Crippen molar-refractivity contribution < 1.29 is 0 Å². The minimum Gasteiger partial charge on any atom is -0.265 e. The predicted molar refractivity (Wildman–Crippen MR) is 78.9 cm³/mol. The van der Waals surface area contributed by atoms with Gasteiger partial charge in [0.05, 0.1) is 11.4 Å². The summed E-state index contributed by atoms with van der Waals surface area (Å²) >= 11 is 0. The Balaban J connectivity index is 1.90. The summed E-state index contributed by atoms with van der Waals surface area (Å²) in [6, 6.07) is 16.6. The van der Waals surface area contributed by atoms with Crippen molar-refractivity contribution in [2.24, 2.45) is 5.10 Å². The van der Waals surface area contributed by atoms with Gasteiger partial charge in [0, 0.05) is 0 Å². The molecule has 1 N–H and O–H groups in total. The lowest BCUT2D eigenvalue weighted by molar-refractivity contribution is 0.772. The van der Waals surface area contributed by atoms with Gasteiger partial charge in [0.2, 0.25) is 0 Å². The molecule has 0 fully saturated rings. The van der Waals surface area contributed by atoms with Crippen LogP contribution in [0.1, 0.15) is 11.1 Å². The summed E-state index contributed by atoms with van der Waals surface area (Å²) in [5.74, 6) is 0. The minimum absolute atomic E-state index is 1.02. The van der Waals surface area contributed by atoms with Crippen LogP contribution in [0, 0.1) is 13.8 Å². The first-order valence-corrected chi connectivity index (χ1v) is 6.26. The Morgan fingerprint density at radius 1 is 0.789 bits per heavy atom. The van der Waals surface area contributed by atoms with E-state index >= 15 is 0 Å². The van der Waals surface area contributed by atoms with Gasteiger partial charge in [-0.25, -0.2) is 0 Å². The fourth-order valence-electron chi connectivity index (χ4n) is 1.97. The van der Waals surface area contributed by atoms with Crippen LogP contribution in [0.3, 0.4) is 0 Å². The highest BCUT2D eigenvalue weighted by atomic mass is 15.9. The Bertz CT molecular complexity index is 587. The molecule has 0 bridgehead atoms. The normalized spacial score (nSPS) is 13.8. The van der Waals surface area contributed by atoms with Gasteiger partial charge in [-0.05, 0) is 38.1 Å². The number of aryl methyl sites for hydroxylation is 2. The zero-order valence-corrected chi connectivity index (χ0v) is 11.0. The standard InChI is InChI=1S/C15H16N4/c1-12-3-7-14(8-4-12)18-16-11-17-19(18)15-9-5-13(2)6-10-15/h3-11H,1-2H3,(H,16,17). The fraction of sp³-hybridized carbons (Fsp3) is 0.133. The molecule has 0 radical (unpaired) electrons. The number of nitrogens with zero attached hydrogens (tertiary/aromatic N) is 3. The van der Waals surface area contributed by atoms with Crippen molar-refractivity contribution >= 4 is 17.7 Å². The van der Waals surface area contributed by atoms with Gasteiger partial charge in [-0.1, -0.05) is 35.4 Å². The van der Waals surface area contributed by atoms with Crippen molar-refractivity contribution in [2.45, 2.75) is 13.8 Å². The Hall–Kier alpha value is -2.49. The number of hydrogen-bond donors (Lipinski definition) is 1. The van der Waals surface area contributed by atoms with Crippen LogP contribution in [0.15, 0.2) is 53.6 Å². The zero-order chi connectivity index (χ0) is 13.2. The van der Waals surface area contributed by atoms with Gasteiger partial charge >= 0.3 is 0 Å². The molecule has 1 aliphatic heterocycles. The van der Waals surface area contributed by atoms with Crippen molar-refractivity contribution in [3.05, 3.63) is 59.7 Å². The number of hydrogen-bond acceptors (Lipinski definition) is 4. The lowest BCUT2D eigenvalue weighted by Gasteiger charge is -2.27. The van der Waals surface area contributed by atoms with E-state index in [1.165, 1.54) is 11.1 Å². The summed E-state index contributed by atoms with van der Waals surface area (Å²) in [6.07, 6.45) is 1.68. The molecule has 4 nitrogen and oxygen atoms in total. The van der Waals surface area contributed by atoms with Gasteiger partial charge in [-0.3, -0.25) is 5.43 Å². The van der Waals surface area contributed by atoms with Crippen LogP contribution < -0.4 is 15.7 Å².